The van der Waals surface area contributed by atoms with Crippen LogP contribution in [0.5, 0.6) is 5.75 Å². The third-order valence-electron chi connectivity index (χ3n) is 5.04. The van der Waals surface area contributed by atoms with E-state index in [4.69, 9.17) is 10.00 Å². The Labute approximate surface area is 149 Å². The number of fused-ring (bicyclic) bond motifs is 1. The molecule has 3 rings (SSSR count). The summed E-state index contributed by atoms with van der Waals surface area (Å²) in [5.74, 6) is 1.90. The van der Waals surface area contributed by atoms with Gasteiger partial charge in [0.25, 0.3) is 0 Å². The Hall–Kier alpha value is -2.48. The molecule has 2 aliphatic rings. The first kappa shape index (κ1) is 17.3. The number of nitrogens with one attached hydrogen (secondary N) is 1. The second-order valence-corrected chi connectivity index (χ2v) is 6.82. The molecule has 0 aromatic heterocycles. The van der Waals surface area contributed by atoms with E-state index in [9.17, 15) is 4.79 Å². The number of carbonyl (C=O) groups excluding carboxylic acids is 1. The number of urea groups is 1. The number of ether oxygens (including phenoxy) is 1. The summed E-state index contributed by atoms with van der Waals surface area (Å²) in [6, 6.07) is 9.69. The summed E-state index contributed by atoms with van der Waals surface area (Å²) in [7, 11) is 0. The van der Waals surface area contributed by atoms with E-state index in [2.05, 4.69) is 23.5 Å². The SMILES string of the molecule is CCC(C#N)Oc1cccc(CNC(=O)N2CC3CC=CCC3C2)c1. The lowest BCUT2D eigenvalue weighted by Gasteiger charge is -2.17. The molecule has 0 spiro atoms. The number of nitriles is 1. The van der Waals surface area contributed by atoms with Gasteiger partial charge in [0.15, 0.2) is 6.10 Å². The van der Waals surface area contributed by atoms with Gasteiger partial charge in [0.05, 0.1) is 0 Å². The van der Waals surface area contributed by atoms with Crippen LogP contribution in [0.2, 0.25) is 0 Å². The number of nitrogens with zero attached hydrogens (tertiary/aromatic N) is 2. The molecule has 1 aromatic rings. The van der Waals surface area contributed by atoms with Gasteiger partial charge in [-0.05, 0) is 48.8 Å². The molecule has 5 nitrogen and oxygen atoms in total. The second kappa shape index (κ2) is 8.06. The van der Waals surface area contributed by atoms with Crippen molar-refractivity contribution in [2.75, 3.05) is 13.1 Å². The molecule has 0 radical (unpaired) electrons. The summed E-state index contributed by atoms with van der Waals surface area (Å²) in [6.07, 6.45) is 6.85. The van der Waals surface area contributed by atoms with Crippen LogP contribution >= 0.6 is 0 Å². The monoisotopic (exact) mass is 339 g/mol. The minimum atomic E-state index is -0.439. The molecule has 3 unspecified atom stereocenters. The van der Waals surface area contributed by atoms with Gasteiger partial charge in [0, 0.05) is 19.6 Å². The van der Waals surface area contributed by atoms with Crippen molar-refractivity contribution in [1.29, 1.82) is 5.26 Å². The predicted octanol–water partition coefficient (Wildman–Crippen LogP) is 3.48. The number of hydrogen-bond acceptors (Lipinski definition) is 3. The maximum absolute atomic E-state index is 12.4. The highest BCUT2D eigenvalue weighted by Crippen LogP contribution is 2.32. The minimum Gasteiger partial charge on any atom is -0.476 e. The molecule has 1 heterocycles. The van der Waals surface area contributed by atoms with Crippen molar-refractivity contribution in [2.45, 2.75) is 38.8 Å². The van der Waals surface area contributed by atoms with Gasteiger partial charge >= 0.3 is 6.03 Å². The van der Waals surface area contributed by atoms with Crippen LogP contribution in [0.4, 0.5) is 4.79 Å². The highest BCUT2D eigenvalue weighted by atomic mass is 16.5. The average Bonchev–Trinajstić information content (AvgIpc) is 3.09. The van der Waals surface area contributed by atoms with Gasteiger partial charge in [-0.2, -0.15) is 5.26 Å². The van der Waals surface area contributed by atoms with Crippen LogP contribution in [0.3, 0.4) is 0 Å². The zero-order valence-corrected chi connectivity index (χ0v) is 14.6. The van der Waals surface area contributed by atoms with E-state index >= 15 is 0 Å². The van der Waals surface area contributed by atoms with Crippen molar-refractivity contribution >= 4 is 6.03 Å². The molecular formula is C20H25N3O2. The van der Waals surface area contributed by atoms with E-state index in [0.29, 0.717) is 30.6 Å². The molecule has 1 saturated heterocycles. The molecule has 3 atom stereocenters. The lowest BCUT2D eigenvalue weighted by atomic mass is 9.86. The van der Waals surface area contributed by atoms with Gasteiger partial charge in [0.2, 0.25) is 0 Å². The first-order valence-corrected chi connectivity index (χ1v) is 9.02. The van der Waals surface area contributed by atoms with E-state index < -0.39 is 6.10 Å². The fourth-order valence-corrected chi connectivity index (χ4v) is 3.56. The number of amides is 2. The first-order chi connectivity index (χ1) is 12.2. The molecular weight excluding hydrogens is 314 g/mol. The van der Waals surface area contributed by atoms with Crippen molar-refractivity contribution in [3.05, 3.63) is 42.0 Å². The molecule has 132 valence electrons. The lowest BCUT2D eigenvalue weighted by molar-refractivity contribution is 0.206. The minimum absolute atomic E-state index is 0.00387. The van der Waals surface area contributed by atoms with Crippen LogP contribution < -0.4 is 10.1 Å². The van der Waals surface area contributed by atoms with Gasteiger partial charge in [0.1, 0.15) is 11.8 Å². The van der Waals surface area contributed by atoms with E-state index in [1.54, 1.807) is 0 Å². The van der Waals surface area contributed by atoms with E-state index in [-0.39, 0.29) is 6.03 Å². The van der Waals surface area contributed by atoms with Crippen molar-refractivity contribution in [2.24, 2.45) is 11.8 Å². The molecule has 2 amide bonds. The molecule has 1 fully saturated rings. The average molecular weight is 339 g/mol. The van der Waals surface area contributed by atoms with Crippen LogP contribution in [0.15, 0.2) is 36.4 Å². The number of hydrogen-bond donors (Lipinski definition) is 1. The molecule has 0 bridgehead atoms. The fourth-order valence-electron chi connectivity index (χ4n) is 3.56. The smallest absolute Gasteiger partial charge is 0.317 e. The standard InChI is InChI=1S/C20H25N3O2/c1-2-18(11-21)25-19-9-5-6-15(10-19)12-22-20(24)23-13-16-7-3-4-8-17(16)14-23/h3-6,9-10,16-18H,2,7-8,12-14H2,1H3,(H,22,24). The topological polar surface area (TPSA) is 65.4 Å². The van der Waals surface area contributed by atoms with Gasteiger partial charge < -0.3 is 15.0 Å². The van der Waals surface area contributed by atoms with Gasteiger partial charge in [-0.25, -0.2) is 4.79 Å². The lowest BCUT2D eigenvalue weighted by Crippen LogP contribution is -2.38. The Morgan fingerprint density at radius 1 is 1.36 bits per heavy atom. The number of likely N-dealkylation sites (tertiary alicyclic amines) is 1. The summed E-state index contributed by atoms with van der Waals surface area (Å²) < 4.78 is 5.63. The van der Waals surface area contributed by atoms with Crippen molar-refractivity contribution in [3.63, 3.8) is 0 Å². The van der Waals surface area contributed by atoms with Crippen LogP contribution in [0.1, 0.15) is 31.7 Å². The van der Waals surface area contributed by atoms with E-state index in [0.717, 1.165) is 31.5 Å². The third kappa shape index (κ3) is 4.33. The molecule has 0 saturated carbocycles. The largest absolute Gasteiger partial charge is 0.476 e. The summed E-state index contributed by atoms with van der Waals surface area (Å²) in [5.41, 5.74) is 0.969. The van der Waals surface area contributed by atoms with E-state index in [1.807, 2.05) is 36.1 Å². The molecule has 1 aliphatic heterocycles. The Kier molecular flexibility index (Phi) is 5.60. The van der Waals surface area contributed by atoms with E-state index in [1.165, 1.54) is 0 Å². The zero-order valence-electron chi connectivity index (χ0n) is 14.6. The molecule has 5 heteroatoms. The third-order valence-corrected chi connectivity index (χ3v) is 5.04. The molecule has 1 aliphatic carbocycles. The zero-order chi connectivity index (χ0) is 17.6. The van der Waals surface area contributed by atoms with Crippen LogP contribution in [0.25, 0.3) is 0 Å². The van der Waals surface area contributed by atoms with Gasteiger partial charge in [-0.1, -0.05) is 31.2 Å². The van der Waals surface area contributed by atoms with Crippen molar-refractivity contribution in [3.8, 4) is 11.8 Å². The Balaban J connectivity index is 1.52. The fraction of sp³-hybridized carbons (Fsp3) is 0.500. The molecule has 25 heavy (non-hydrogen) atoms. The van der Waals surface area contributed by atoms with Gasteiger partial charge in [-0.15, -0.1) is 0 Å². The van der Waals surface area contributed by atoms with Crippen LogP contribution in [-0.4, -0.2) is 30.1 Å². The summed E-state index contributed by atoms with van der Waals surface area (Å²) in [6.45, 7) is 4.08. The molecule has 1 N–H and O–H groups in total. The number of carbonyl (C=O) groups is 1. The first-order valence-electron chi connectivity index (χ1n) is 9.02. The maximum Gasteiger partial charge on any atom is 0.317 e. The van der Waals surface area contributed by atoms with Crippen LogP contribution in [0, 0.1) is 23.2 Å². The molecule has 1 aromatic carbocycles. The predicted molar refractivity (Wildman–Crippen MR) is 95.9 cm³/mol. The van der Waals surface area contributed by atoms with Crippen molar-refractivity contribution < 1.29 is 9.53 Å². The second-order valence-electron chi connectivity index (χ2n) is 6.82. The Morgan fingerprint density at radius 3 is 2.72 bits per heavy atom. The number of rotatable bonds is 5. The normalized spacial score (nSPS) is 22.8. The number of benzene rings is 1. The summed E-state index contributed by atoms with van der Waals surface area (Å²) in [5, 5.41) is 12.0. The highest BCUT2D eigenvalue weighted by molar-refractivity contribution is 5.74. The maximum atomic E-state index is 12.4. The quantitative estimate of drug-likeness (QED) is 0.835. The Bertz CT molecular complexity index is 664. The summed E-state index contributed by atoms with van der Waals surface area (Å²) >= 11 is 0. The van der Waals surface area contributed by atoms with Crippen molar-refractivity contribution in [1.82, 2.24) is 10.2 Å². The highest BCUT2D eigenvalue weighted by Gasteiger charge is 2.34. The van der Waals surface area contributed by atoms with Crippen LogP contribution in [-0.2, 0) is 6.54 Å². The number of allylic oxidation sites excluding steroid dienone is 2. The van der Waals surface area contributed by atoms with Gasteiger partial charge in [-0.3, -0.25) is 0 Å². The Morgan fingerprint density at radius 2 is 2.08 bits per heavy atom. The summed E-state index contributed by atoms with van der Waals surface area (Å²) in [4.78, 5) is 14.4.